The number of fused-ring (bicyclic) bond motifs is 1. The highest BCUT2D eigenvalue weighted by Gasteiger charge is 2.20. The third-order valence-electron chi connectivity index (χ3n) is 5.33. The number of aromatic nitrogens is 2. The first-order chi connectivity index (χ1) is 16.1. The average Bonchev–Trinajstić information content (AvgIpc) is 3.12. The summed E-state index contributed by atoms with van der Waals surface area (Å²) in [5, 5.41) is 6.50. The van der Waals surface area contributed by atoms with E-state index in [1.807, 2.05) is 32.0 Å². The number of nitrogens with zero attached hydrogens (tertiary/aromatic N) is 2. The van der Waals surface area contributed by atoms with Gasteiger partial charge in [0.05, 0.1) is 16.6 Å². The first-order valence-corrected chi connectivity index (χ1v) is 12.2. The molecule has 0 aliphatic carbocycles. The summed E-state index contributed by atoms with van der Waals surface area (Å²) in [5.74, 6) is -0.703. The number of anilines is 2. The van der Waals surface area contributed by atoms with Gasteiger partial charge in [0.15, 0.2) is 0 Å². The lowest BCUT2D eigenvalue weighted by molar-refractivity contribution is -0.116. The Balaban J connectivity index is 1.58. The number of thiophene rings is 1. The molecule has 0 spiro atoms. The number of benzene rings is 2. The van der Waals surface area contributed by atoms with Crippen molar-refractivity contribution in [3.63, 3.8) is 0 Å². The molecule has 174 valence electrons. The molecule has 34 heavy (non-hydrogen) atoms. The minimum atomic E-state index is -0.389. The third kappa shape index (κ3) is 4.91. The Labute approximate surface area is 212 Å². The Bertz CT molecular complexity index is 1510. The van der Waals surface area contributed by atoms with Crippen LogP contribution in [0.5, 0.6) is 0 Å². The zero-order valence-corrected chi connectivity index (χ0v) is 21.7. The maximum atomic E-state index is 13.1. The van der Waals surface area contributed by atoms with Crippen LogP contribution < -0.4 is 16.2 Å². The number of rotatable bonds is 5. The van der Waals surface area contributed by atoms with Gasteiger partial charge in [0.1, 0.15) is 11.4 Å². The van der Waals surface area contributed by atoms with Gasteiger partial charge >= 0.3 is 0 Å². The number of aryl methyl sites for hydroxylation is 3. The molecule has 2 amide bonds. The highest BCUT2D eigenvalue weighted by atomic mass is 79.9. The molecule has 2 aromatic heterocycles. The van der Waals surface area contributed by atoms with Crippen LogP contribution in [0.2, 0.25) is 5.02 Å². The van der Waals surface area contributed by atoms with E-state index < -0.39 is 0 Å². The first kappa shape index (κ1) is 24.1. The predicted molar refractivity (Wildman–Crippen MR) is 140 cm³/mol. The Morgan fingerprint density at radius 1 is 1.09 bits per heavy atom. The molecule has 0 unspecified atom stereocenters. The van der Waals surface area contributed by atoms with Gasteiger partial charge in [0, 0.05) is 20.9 Å². The van der Waals surface area contributed by atoms with Gasteiger partial charge in [-0.25, -0.2) is 4.98 Å². The van der Waals surface area contributed by atoms with Gasteiger partial charge in [-0.2, -0.15) is 0 Å². The molecule has 7 nitrogen and oxygen atoms in total. The van der Waals surface area contributed by atoms with E-state index in [2.05, 4.69) is 31.5 Å². The molecule has 2 N–H and O–H groups in total. The molecule has 0 radical (unpaired) electrons. The average molecular weight is 560 g/mol. The third-order valence-corrected chi connectivity index (χ3v) is 7.43. The van der Waals surface area contributed by atoms with Crippen molar-refractivity contribution in [3.05, 3.63) is 84.1 Å². The molecule has 0 atom stereocenters. The Morgan fingerprint density at radius 3 is 2.56 bits per heavy atom. The number of halogens is 2. The molecular formula is C24H20BrClN4O3S. The minimum Gasteiger partial charge on any atom is -0.324 e. The number of nitrogens with one attached hydrogen (secondary N) is 2. The van der Waals surface area contributed by atoms with Gasteiger partial charge in [0.2, 0.25) is 5.91 Å². The summed E-state index contributed by atoms with van der Waals surface area (Å²) in [4.78, 5) is 43.7. The highest BCUT2D eigenvalue weighted by molar-refractivity contribution is 9.10. The summed E-state index contributed by atoms with van der Waals surface area (Å²) >= 11 is 10.7. The lowest BCUT2D eigenvalue weighted by Gasteiger charge is -2.09. The molecule has 2 aromatic carbocycles. The van der Waals surface area contributed by atoms with Gasteiger partial charge in [-0.15, -0.1) is 11.3 Å². The topological polar surface area (TPSA) is 93.1 Å². The molecular weight excluding hydrogens is 540 g/mol. The predicted octanol–water partition coefficient (Wildman–Crippen LogP) is 5.69. The molecule has 2 heterocycles. The van der Waals surface area contributed by atoms with Crippen molar-refractivity contribution in [2.45, 2.75) is 27.3 Å². The van der Waals surface area contributed by atoms with Crippen molar-refractivity contribution in [3.8, 4) is 0 Å². The van der Waals surface area contributed by atoms with Crippen LogP contribution in [0.1, 0.15) is 26.4 Å². The molecule has 0 fully saturated rings. The summed E-state index contributed by atoms with van der Waals surface area (Å²) < 4.78 is 2.15. The zero-order chi connectivity index (χ0) is 24.6. The summed E-state index contributed by atoms with van der Waals surface area (Å²) in [6.07, 6.45) is 1.32. The summed E-state index contributed by atoms with van der Waals surface area (Å²) in [5.41, 5.74) is 3.18. The second-order valence-corrected chi connectivity index (χ2v) is 10.2. The fourth-order valence-electron chi connectivity index (χ4n) is 3.46. The van der Waals surface area contributed by atoms with Crippen LogP contribution in [0, 0.1) is 20.8 Å². The number of carbonyl (C=O) groups excluding carboxylic acids is 2. The van der Waals surface area contributed by atoms with Crippen LogP contribution >= 0.6 is 38.9 Å². The highest BCUT2D eigenvalue weighted by Crippen LogP contribution is 2.28. The Kier molecular flexibility index (Phi) is 6.88. The molecule has 4 rings (SSSR count). The van der Waals surface area contributed by atoms with Gasteiger partial charge in [-0.1, -0.05) is 33.6 Å². The van der Waals surface area contributed by atoms with Crippen molar-refractivity contribution < 1.29 is 9.59 Å². The monoisotopic (exact) mass is 558 g/mol. The smallest absolute Gasteiger partial charge is 0.266 e. The molecule has 4 aromatic rings. The van der Waals surface area contributed by atoms with Crippen LogP contribution in [-0.2, 0) is 11.3 Å². The molecule has 0 saturated carbocycles. The van der Waals surface area contributed by atoms with Crippen molar-refractivity contribution in [2.24, 2.45) is 0 Å². The molecule has 0 saturated heterocycles. The maximum absolute atomic E-state index is 13.1. The second kappa shape index (κ2) is 9.69. The van der Waals surface area contributed by atoms with Crippen LogP contribution in [0.15, 0.2) is 52.0 Å². The van der Waals surface area contributed by atoms with Gasteiger partial charge < -0.3 is 10.6 Å². The first-order valence-electron chi connectivity index (χ1n) is 10.3. The summed E-state index contributed by atoms with van der Waals surface area (Å²) in [6, 6.07) is 10.8. The van der Waals surface area contributed by atoms with Crippen LogP contribution in [0.25, 0.3) is 10.2 Å². The molecule has 0 aliphatic heterocycles. The Morgan fingerprint density at radius 2 is 1.85 bits per heavy atom. The fourth-order valence-corrected chi connectivity index (χ4v) is 5.15. The largest absolute Gasteiger partial charge is 0.324 e. The molecule has 10 heteroatoms. The van der Waals surface area contributed by atoms with Crippen LogP contribution in [-0.4, -0.2) is 21.4 Å². The van der Waals surface area contributed by atoms with E-state index in [-0.39, 0.29) is 23.9 Å². The van der Waals surface area contributed by atoms with E-state index in [9.17, 15) is 14.4 Å². The number of carbonyl (C=O) groups is 2. The van der Waals surface area contributed by atoms with E-state index in [0.717, 1.165) is 26.9 Å². The second-order valence-electron chi connectivity index (χ2n) is 7.84. The SMILES string of the molecule is Cc1ccc(NC(=O)Cn2cnc3sc(C(=O)Nc4ccc(Br)cc4C)c(C)c3c2=O)cc1Cl. The lowest BCUT2D eigenvalue weighted by atomic mass is 10.2. The molecule has 0 aliphatic rings. The van der Waals surface area contributed by atoms with Crippen molar-refractivity contribution in [1.82, 2.24) is 9.55 Å². The number of amides is 2. The van der Waals surface area contributed by atoms with E-state index >= 15 is 0 Å². The minimum absolute atomic E-state index is 0.220. The summed E-state index contributed by atoms with van der Waals surface area (Å²) in [7, 11) is 0. The van der Waals surface area contributed by atoms with Crippen molar-refractivity contribution in [2.75, 3.05) is 10.6 Å². The van der Waals surface area contributed by atoms with E-state index in [1.165, 1.54) is 10.9 Å². The number of hydrogen-bond donors (Lipinski definition) is 2. The van der Waals surface area contributed by atoms with Crippen molar-refractivity contribution >= 4 is 72.3 Å². The van der Waals surface area contributed by atoms with Crippen LogP contribution in [0.3, 0.4) is 0 Å². The lowest BCUT2D eigenvalue weighted by Crippen LogP contribution is -2.28. The van der Waals surface area contributed by atoms with E-state index in [0.29, 0.717) is 37.1 Å². The standard InChI is InChI=1S/C24H20BrClN4O3S/c1-12-4-6-16(9-17(12)26)28-19(31)10-30-11-27-23-20(24(30)33)14(3)21(34-23)22(32)29-18-7-5-15(25)8-13(18)2/h4-9,11H,10H2,1-3H3,(H,28,31)(H,29,32). The molecule has 0 bridgehead atoms. The van der Waals surface area contributed by atoms with E-state index in [4.69, 9.17) is 11.6 Å². The fraction of sp³-hybridized carbons (Fsp3) is 0.167. The normalized spacial score (nSPS) is 11.0. The van der Waals surface area contributed by atoms with Crippen molar-refractivity contribution in [1.29, 1.82) is 0 Å². The quantitative estimate of drug-likeness (QED) is 0.329. The van der Waals surface area contributed by atoms with Crippen LogP contribution in [0.4, 0.5) is 11.4 Å². The zero-order valence-electron chi connectivity index (χ0n) is 18.5. The van der Waals surface area contributed by atoms with Gasteiger partial charge in [0.25, 0.3) is 11.5 Å². The van der Waals surface area contributed by atoms with Gasteiger partial charge in [-0.3, -0.25) is 19.0 Å². The summed E-state index contributed by atoms with van der Waals surface area (Å²) in [6.45, 7) is 5.26. The Hall–Kier alpha value is -3.01. The van der Waals surface area contributed by atoms with Gasteiger partial charge in [-0.05, 0) is 67.8 Å². The maximum Gasteiger partial charge on any atom is 0.266 e. The van der Waals surface area contributed by atoms with E-state index in [1.54, 1.807) is 25.1 Å². The number of hydrogen-bond acceptors (Lipinski definition) is 5.